The van der Waals surface area contributed by atoms with Crippen molar-refractivity contribution in [2.75, 3.05) is 6.54 Å². The predicted molar refractivity (Wildman–Crippen MR) is 56.7 cm³/mol. The maximum atomic E-state index is 4.04. The topological polar surface area (TPSA) is 12.4 Å². The highest BCUT2D eigenvalue weighted by molar-refractivity contribution is 5.53. The van der Waals surface area contributed by atoms with E-state index in [0.717, 1.165) is 13.0 Å². The molecule has 66 valence electrons. The lowest BCUT2D eigenvalue weighted by Gasteiger charge is -1.86. The fourth-order valence-corrected chi connectivity index (χ4v) is 0.653. The monoisotopic (exact) mass is 163 g/mol. The summed E-state index contributed by atoms with van der Waals surface area (Å²) in [6.45, 7) is 8.52. The first kappa shape index (κ1) is 10.9. The Morgan fingerprint density at radius 1 is 1.33 bits per heavy atom. The normalized spacial score (nSPS) is 12.2. The Bertz CT molecular complexity index is 197. The summed E-state index contributed by atoms with van der Waals surface area (Å²) in [4.78, 5) is 4.04. The van der Waals surface area contributed by atoms with Crippen LogP contribution in [0.25, 0.3) is 0 Å². The van der Waals surface area contributed by atoms with Gasteiger partial charge in [-0.05, 0) is 26.5 Å². The second-order valence-electron chi connectivity index (χ2n) is 2.64. The van der Waals surface area contributed by atoms with E-state index in [1.54, 1.807) is 0 Å². The molecule has 0 aromatic rings. The standard InChI is InChI=1S/C11H17N/c1-4-12-10-8-6-5-7-9-11(2)3/h4-8H,2,9-10H2,1,3H3/b7-5-,8-6-,12-4?. The molecule has 0 unspecified atom stereocenters. The third kappa shape index (κ3) is 8.89. The Morgan fingerprint density at radius 3 is 2.58 bits per heavy atom. The van der Waals surface area contributed by atoms with E-state index in [0.29, 0.717) is 0 Å². The lowest BCUT2D eigenvalue weighted by molar-refractivity contribution is 1.22. The molecule has 0 rings (SSSR count). The Morgan fingerprint density at radius 2 is 2.00 bits per heavy atom. The highest BCUT2D eigenvalue weighted by atomic mass is 14.7. The second-order valence-corrected chi connectivity index (χ2v) is 2.64. The van der Waals surface area contributed by atoms with E-state index in [2.05, 4.69) is 17.6 Å². The lowest BCUT2D eigenvalue weighted by Crippen LogP contribution is -1.70. The minimum atomic E-state index is 0.772. The Balaban J connectivity index is 3.45. The molecule has 1 heteroatoms. The van der Waals surface area contributed by atoms with Crippen LogP contribution >= 0.6 is 0 Å². The van der Waals surface area contributed by atoms with Gasteiger partial charge in [0.25, 0.3) is 0 Å². The Hall–Kier alpha value is -1.11. The van der Waals surface area contributed by atoms with E-state index in [9.17, 15) is 0 Å². The van der Waals surface area contributed by atoms with E-state index >= 15 is 0 Å². The van der Waals surface area contributed by atoms with E-state index in [1.165, 1.54) is 5.57 Å². The molecular weight excluding hydrogens is 146 g/mol. The third-order valence-corrected chi connectivity index (χ3v) is 1.24. The molecular formula is C11H17N. The summed E-state index contributed by atoms with van der Waals surface area (Å²) in [5, 5.41) is 0. The van der Waals surface area contributed by atoms with Crippen molar-refractivity contribution in [2.45, 2.75) is 20.3 Å². The molecule has 0 N–H and O–H groups in total. The molecule has 0 heterocycles. The van der Waals surface area contributed by atoms with Crippen LogP contribution in [0.3, 0.4) is 0 Å². The number of nitrogens with zero attached hydrogens (tertiary/aromatic N) is 1. The van der Waals surface area contributed by atoms with Crippen molar-refractivity contribution in [2.24, 2.45) is 4.99 Å². The fraction of sp³-hybridized carbons (Fsp3) is 0.364. The minimum absolute atomic E-state index is 0.772. The predicted octanol–water partition coefficient (Wildman–Crippen LogP) is 3.16. The summed E-state index contributed by atoms with van der Waals surface area (Å²) < 4.78 is 0. The van der Waals surface area contributed by atoms with Crippen LogP contribution in [-0.2, 0) is 0 Å². The molecule has 0 spiro atoms. The Kier molecular flexibility index (Phi) is 7.25. The first-order chi connectivity index (χ1) is 5.77. The maximum absolute atomic E-state index is 4.04. The Labute approximate surface area is 75.2 Å². The summed E-state index contributed by atoms with van der Waals surface area (Å²) in [5.74, 6) is 0. The first-order valence-corrected chi connectivity index (χ1v) is 4.18. The third-order valence-electron chi connectivity index (χ3n) is 1.24. The molecule has 0 saturated heterocycles. The average molecular weight is 163 g/mol. The van der Waals surface area contributed by atoms with Crippen molar-refractivity contribution in [1.82, 2.24) is 0 Å². The molecule has 0 atom stereocenters. The summed E-state index contributed by atoms with van der Waals surface area (Å²) in [7, 11) is 0. The molecule has 0 aromatic carbocycles. The SMILES string of the molecule is C=C(C)C/C=C\C=C/CN=CC. The number of allylic oxidation sites excluding steroid dienone is 4. The van der Waals surface area contributed by atoms with Gasteiger partial charge in [-0.2, -0.15) is 0 Å². The zero-order valence-corrected chi connectivity index (χ0v) is 7.96. The van der Waals surface area contributed by atoms with Crippen LogP contribution in [0.1, 0.15) is 20.3 Å². The van der Waals surface area contributed by atoms with Crippen LogP contribution in [0, 0.1) is 0 Å². The minimum Gasteiger partial charge on any atom is -0.294 e. The van der Waals surface area contributed by atoms with Gasteiger partial charge in [0, 0.05) is 0 Å². The molecule has 0 aliphatic rings. The van der Waals surface area contributed by atoms with Gasteiger partial charge in [0.05, 0.1) is 6.54 Å². The van der Waals surface area contributed by atoms with E-state index in [4.69, 9.17) is 0 Å². The summed E-state index contributed by atoms with van der Waals surface area (Å²) in [6, 6.07) is 0. The molecule has 0 aliphatic carbocycles. The van der Waals surface area contributed by atoms with Gasteiger partial charge in [-0.25, -0.2) is 0 Å². The molecule has 0 aromatic heterocycles. The van der Waals surface area contributed by atoms with Gasteiger partial charge in [-0.1, -0.05) is 36.5 Å². The van der Waals surface area contributed by atoms with E-state index in [-0.39, 0.29) is 0 Å². The van der Waals surface area contributed by atoms with Crippen molar-refractivity contribution < 1.29 is 0 Å². The largest absolute Gasteiger partial charge is 0.294 e. The van der Waals surface area contributed by atoms with E-state index in [1.807, 2.05) is 38.3 Å². The fourth-order valence-electron chi connectivity index (χ4n) is 0.653. The summed E-state index contributed by atoms with van der Waals surface area (Å²) in [5.41, 5.74) is 1.19. The van der Waals surface area contributed by atoms with Crippen molar-refractivity contribution >= 4 is 6.21 Å². The average Bonchev–Trinajstić information content (AvgIpc) is 2.02. The summed E-state index contributed by atoms with van der Waals surface area (Å²) in [6.07, 6.45) is 10.9. The van der Waals surface area contributed by atoms with Crippen LogP contribution < -0.4 is 0 Å². The molecule has 0 fully saturated rings. The quantitative estimate of drug-likeness (QED) is 0.335. The lowest BCUT2D eigenvalue weighted by atomic mass is 10.2. The van der Waals surface area contributed by atoms with Crippen LogP contribution in [0.2, 0.25) is 0 Å². The van der Waals surface area contributed by atoms with Gasteiger partial charge < -0.3 is 0 Å². The van der Waals surface area contributed by atoms with Gasteiger partial charge in [0.1, 0.15) is 0 Å². The van der Waals surface area contributed by atoms with Crippen molar-refractivity contribution in [3.05, 3.63) is 36.5 Å². The molecule has 0 radical (unpaired) electrons. The van der Waals surface area contributed by atoms with E-state index < -0.39 is 0 Å². The van der Waals surface area contributed by atoms with Gasteiger partial charge >= 0.3 is 0 Å². The van der Waals surface area contributed by atoms with Gasteiger partial charge in [0.15, 0.2) is 0 Å². The number of hydrogen-bond donors (Lipinski definition) is 0. The number of rotatable bonds is 5. The van der Waals surface area contributed by atoms with Crippen molar-refractivity contribution in [3.8, 4) is 0 Å². The number of hydrogen-bond acceptors (Lipinski definition) is 1. The van der Waals surface area contributed by atoms with Crippen LogP contribution in [0.15, 0.2) is 41.4 Å². The molecule has 12 heavy (non-hydrogen) atoms. The zero-order valence-electron chi connectivity index (χ0n) is 7.96. The zero-order chi connectivity index (χ0) is 9.23. The van der Waals surface area contributed by atoms with Gasteiger partial charge in [-0.3, -0.25) is 4.99 Å². The van der Waals surface area contributed by atoms with Gasteiger partial charge in [0.2, 0.25) is 0 Å². The van der Waals surface area contributed by atoms with Crippen LogP contribution in [0.5, 0.6) is 0 Å². The highest BCUT2D eigenvalue weighted by Gasteiger charge is 1.75. The molecule has 0 amide bonds. The van der Waals surface area contributed by atoms with Crippen LogP contribution in [0.4, 0.5) is 0 Å². The second kappa shape index (κ2) is 7.99. The van der Waals surface area contributed by atoms with Gasteiger partial charge in [-0.15, -0.1) is 0 Å². The first-order valence-electron chi connectivity index (χ1n) is 4.18. The number of aliphatic imine (C=N–C) groups is 1. The maximum Gasteiger partial charge on any atom is 0.0569 e. The van der Waals surface area contributed by atoms with Crippen molar-refractivity contribution in [1.29, 1.82) is 0 Å². The molecule has 0 saturated carbocycles. The smallest absolute Gasteiger partial charge is 0.0569 e. The molecule has 1 nitrogen and oxygen atoms in total. The van der Waals surface area contributed by atoms with Crippen molar-refractivity contribution in [3.63, 3.8) is 0 Å². The highest BCUT2D eigenvalue weighted by Crippen LogP contribution is 1.95. The van der Waals surface area contributed by atoms with Crippen LogP contribution in [-0.4, -0.2) is 12.8 Å². The molecule has 0 bridgehead atoms. The summed E-state index contributed by atoms with van der Waals surface area (Å²) >= 11 is 0. The molecule has 0 aliphatic heterocycles.